The predicted octanol–water partition coefficient (Wildman–Crippen LogP) is 2.12. The average molecular weight is 309 g/mol. The number of thiocarbonyl (C=S) groups is 1. The third-order valence-electron chi connectivity index (χ3n) is 2.89. The molecule has 7 heteroatoms. The fourth-order valence-corrected chi connectivity index (χ4v) is 3.18. The summed E-state index contributed by atoms with van der Waals surface area (Å²) in [5.41, 5.74) is 0.0979. The highest BCUT2D eigenvalue weighted by molar-refractivity contribution is 8.23. The lowest BCUT2D eigenvalue weighted by Gasteiger charge is -2.20. The molecule has 5 nitrogen and oxygen atoms in total. The maximum Gasteiger partial charge on any atom is 0.275 e. The minimum Gasteiger partial charge on any atom is -0.492 e. The molecule has 2 rings (SSSR count). The smallest absolute Gasteiger partial charge is 0.275 e. The van der Waals surface area contributed by atoms with Gasteiger partial charge >= 0.3 is 0 Å². The van der Waals surface area contributed by atoms with Gasteiger partial charge in [0, 0.05) is 19.3 Å². The van der Waals surface area contributed by atoms with E-state index in [1.54, 1.807) is 24.4 Å². The van der Waals surface area contributed by atoms with Crippen LogP contribution in [0.5, 0.6) is 5.88 Å². The predicted molar refractivity (Wildman–Crippen MR) is 84.5 cm³/mol. The van der Waals surface area contributed by atoms with E-state index in [1.165, 1.54) is 4.40 Å². The fourth-order valence-electron chi connectivity index (χ4n) is 1.78. The largest absolute Gasteiger partial charge is 0.492 e. The van der Waals surface area contributed by atoms with E-state index < -0.39 is 0 Å². The van der Waals surface area contributed by atoms with Crippen LogP contribution in [0, 0.1) is 0 Å². The summed E-state index contributed by atoms with van der Waals surface area (Å²) in [6.45, 7) is 5.49. The Kier molecular flexibility index (Phi) is 4.61. The Morgan fingerprint density at radius 3 is 2.80 bits per heavy atom. The second kappa shape index (κ2) is 6.23. The molecule has 20 heavy (non-hydrogen) atoms. The van der Waals surface area contributed by atoms with Gasteiger partial charge in [-0.25, -0.2) is 0 Å². The summed E-state index contributed by atoms with van der Waals surface area (Å²) in [5.74, 6) is -0.277. The Balaban J connectivity index is 2.45. The normalized spacial score (nSPS) is 10.7. The maximum atomic E-state index is 12.3. The second-order valence-electron chi connectivity index (χ2n) is 4.04. The second-order valence-corrected chi connectivity index (χ2v) is 5.68. The number of aromatic nitrogens is 2. The van der Waals surface area contributed by atoms with Gasteiger partial charge in [0.15, 0.2) is 0 Å². The van der Waals surface area contributed by atoms with Crippen molar-refractivity contribution in [2.24, 2.45) is 0 Å². The molecule has 0 aromatic carbocycles. The first-order chi connectivity index (χ1) is 9.58. The fraction of sp³-hybridized carbons (Fsp3) is 0.308. The van der Waals surface area contributed by atoms with Crippen LogP contribution in [0.25, 0.3) is 5.65 Å². The number of fused-ring (bicyclic) bond motifs is 1. The highest BCUT2D eigenvalue weighted by Gasteiger charge is 2.16. The first-order valence-corrected chi connectivity index (χ1v) is 7.48. The van der Waals surface area contributed by atoms with Crippen LogP contribution < -0.4 is 5.56 Å². The van der Waals surface area contributed by atoms with Crippen molar-refractivity contribution in [1.82, 2.24) is 14.3 Å². The average Bonchev–Trinajstić information content (AvgIpc) is 2.45. The molecule has 0 aliphatic carbocycles. The summed E-state index contributed by atoms with van der Waals surface area (Å²) in [6.07, 6.45) is 1.62. The molecule has 2 heterocycles. The maximum absolute atomic E-state index is 12.3. The quantitative estimate of drug-likeness (QED) is 0.692. The van der Waals surface area contributed by atoms with E-state index in [1.807, 2.05) is 18.7 Å². The Bertz CT molecular complexity index is 696. The molecule has 0 spiro atoms. The standard InChI is InChI=1S/C13H15N3O2S2/c1-3-15(4-2)13(19)20-10-11(17)14-9-7-5-6-8-16(9)12(10)18/h5-8,17H,3-4H2,1-2H3. The third-order valence-corrected chi connectivity index (χ3v) is 4.39. The molecule has 0 saturated carbocycles. The molecule has 0 aliphatic heterocycles. The van der Waals surface area contributed by atoms with Crippen molar-refractivity contribution in [1.29, 1.82) is 0 Å². The van der Waals surface area contributed by atoms with Crippen LogP contribution in [0.4, 0.5) is 0 Å². The molecule has 0 aliphatic rings. The first kappa shape index (κ1) is 14.8. The van der Waals surface area contributed by atoms with Gasteiger partial charge in [-0.3, -0.25) is 9.20 Å². The topological polar surface area (TPSA) is 57.8 Å². The number of hydrogen-bond acceptors (Lipinski definition) is 5. The van der Waals surface area contributed by atoms with Crippen molar-refractivity contribution in [3.05, 3.63) is 34.7 Å². The number of nitrogens with zero attached hydrogens (tertiary/aromatic N) is 3. The van der Waals surface area contributed by atoms with Crippen LogP contribution in [0.3, 0.4) is 0 Å². The van der Waals surface area contributed by atoms with Crippen LogP contribution in [0.2, 0.25) is 0 Å². The molecular formula is C13H15N3O2S2. The summed E-state index contributed by atoms with van der Waals surface area (Å²) < 4.78 is 1.95. The molecule has 106 valence electrons. The molecule has 0 radical (unpaired) electrons. The van der Waals surface area contributed by atoms with E-state index in [-0.39, 0.29) is 16.3 Å². The zero-order valence-corrected chi connectivity index (χ0v) is 12.9. The lowest BCUT2D eigenvalue weighted by molar-refractivity contribution is 0.437. The van der Waals surface area contributed by atoms with Gasteiger partial charge in [0.05, 0.1) is 0 Å². The molecule has 0 atom stereocenters. The van der Waals surface area contributed by atoms with Gasteiger partial charge in [0.25, 0.3) is 5.56 Å². The number of hydrogen-bond donors (Lipinski definition) is 1. The first-order valence-electron chi connectivity index (χ1n) is 6.25. The Morgan fingerprint density at radius 1 is 1.45 bits per heavy atom. The SMILES string of the molecule is CCN(CC)C(=S)Sc1c(O)nc2ccccn2c1=O. The number of thioether (sulfide) groups is 1. The minimum absolute atomic E-state index is 0.158. The minimum atomic E-state index is -0.312. The summed E-state index contributed by atoms with van der Waals surface area (Å²) in [4.78, 5) is 18.5. The van der Waals surface area contributed by atoms with Crippen LogP contribution in [-0.4, -0.2) is 36.8 Å². The molecule has 0 amide bonds. The van der Waals surface area contributed by atoms with Gasteiger partial charge in [-0.2, -0.15) is 4.98 Å². The number of pyridine rings is 1. The Labute approximate surface area is 126 Å². The van der Waals surface area contributed by atoms with Crippen LogP contribution in [-0.2, 0) is 0 Å². The van der Waals surface area contributed by atoms with Crippen molar-refractivity contribution in [3.8, 4) is 5.88 Å². The molecule has 0 fully saturated rings. The van der Waals surface area contributed by atoms with Crippen LogP contribution in [0.1, 0.15) is 13.8 Å². The Hall–Kier alpha value is -1.60. The van der Waals surface area contributed by atoms with E-state index in [0.717, 1.165) is 24.9 Å². The van der Waals surface area contributed by atoms with Crippen molar-refractivity contribution in [2.45, 2.75) is 18.7 Å². The van der Waals surface area contributed by atoms with Gasteiger partial charge in [-0.05, 0) is 37.7 Å². The summed E-state index contributed by atoms with van der Waals surface area (Å²) in [7, 11) is 0. The van der Waals surface area contributed by atoms with Crippen molar-refractivity contribution in [2.75, 3.05) is 13.1 Å². The molecule has 0 unspecified atom stereocenters. The van der Waals surface area contributed by atoms with E-state index in [0.29, 0.717) is 9.97 Å². The summed E-state index contributed by atoms with van der Waals surface area (Å²) in [6, 6.07) is 5.16. The molecular weight excluding hydrogens is 294 g/mol. The van der Waals surface area contributed by atoms with Crippen molar-refractivity contribution < 1.29 is 5.11 Å². The van der Waals surface area contributed by atoms with E-state index in [4.69, 9.17) is 12.2 Å². The Morgan fingerprint density at radius 2 is 2.15 bits per heavy atom. The summed E-state index contributed by atoms with van der Waals surface area (Å²) >= 11 is 6.38. The number of aromatic hydroxyl groups is 1. The summed E-state index contributed by atoms with van der Waals surface area (Å²) in [5, 5.41) is 9.94. The van der Waals surface area contributed by atoms with E-state index in [9.17, 15) is 9.90 Å². The zero-order valence-electron chi connectivity index (χ0n) is 11.2. The number of rotatable bonds is 3. The van der Waals surface area contributed by atoms with Gasteiger partial charge < -0.3 is 10.0 Å². The van der Waals surface area contributed by atoms with Crippen LogP contribution >= 0.6 is 24.0 Å². The lowest BCUT2D eigenvalue weighted by Crippen LogP contribution is -2.27. The lowest BCUT2D eigenvalue weighted by atomic mass is 10.4. The molecule has 2 aromatic heterocycles. The highest BCUT2D eigenvalue weighted by atomic mass is 32.2. The third kappa shape index (κ3) is 2.78. The molecule has 0 bridgehead atoms. The van der Waals surface area contributed by atoms with Crippen molar-refractivity contribution >= 4 is 33.9 Å². The van der Waals surface area contributed by atoms with E-state index >= 15 is 0 Å². The molecule has 2 aromatic rings. The highest BCUT2D eigenvalue weighted by Crippen LogP contribution is 2.25. The van der Waals surface area contributed by atoms with Crippen LogP contribution in [0.15, 0.2) is 34.1 Å². The zero-order chi connectivity index (χ0) is 14.7. The monoisotopic (exact) mass is 309 g/mol. The van der Waals surface area contributed by atoms with E-state index in [2.05, 4.69) is 4.98 Å². The van der Waals surface area contributed by atoms with Gasteiger partial charge in [-0.15, -0.1) is 0 Å². The van der Waals surface area contributed by atoms with Gasteiger partial charge in [-0.1, -0.05) is 18.3 Å². The van der Waals surface area contributed by atoms with Crippen molar-refractivity contribution in [3.63, 3.8) is 0 Å². The molecule has 1 N–H and O–H groups in total. The molecule has 0 saturated heterocycles. The van der Waals surface area contributed by atoms with Gasteiger partial charge in [0.1, 0.15) is 14.9 Å². The van der Waals surface area contributed by atoms with Gasteiger partial charge in [0.2, 0.25) is 5.88 Å².